The first-order valence-electron chi connectivity index (χ1n) is 20.6. The van der Waals surface area contributed by atoms with Gasteiger partial charge in [0.25, 0.3) is 0 Å². The molecule has 1 aliphatic rings. The van der Waals surface area contributed by atoms with Crippen LogP contribution in [0.1, 0.15) is 213 Å². The number of unbranched alkanes of at least 4 members (excludes halogenated alkanes) is 27. The summed E-state index contributed by atoms with van der Waals surface area (Å²) in [5, 5.41) is 0. The van der Waals surface area contributed by atoms with Crippen molar-refractivity contribution in [1.82, 2.24) is 0 Å². The van der Waals surface area contributed by atoms with Crippen molar-refractivity contribution in [1.29, 1.82) is 0 Å². The maximum atomic E-state index is 12.4. The molecule has 0 spiro atoms. The SMILES string of the molecule is CCCCCCCCCCCCP(=C=O)(CCCCCCCCCCCC)CCCCCCCCCCCC=C=O.[Mn][C]1=CC=CC1. The molecule has 0 saturated heterocycles. The number of hydrogen-bond acceptors (Lipinski definition) is 2. The Kier molecular flexibility index (Phi) is 37.8. The van der Waals surface area contributed by atoms with Gasteiger partial charge in [-0.15, -0.1) is 0 Å². The Hall–Kier alpha value is -0.541. The van der Waals surface area contributed by atoms with Crippen LogP contribution >= 0.6 is 6.89 Å². The van der Waals surface area contributed by atoms with Crippen LogP contribution in [0.2, 0.25) is 0 Å². The molecule has 0 fully saturated rings. The van der Waals surface area contributed by atoms with Crippen LogP contribution in [-0.4, -0.2) is 30.1 Å². The zero-order valence-corrected chi connectivity index (χ0v) is 33.6. The van der Waals surface area contributed by atoms with Crippen molar-refractivity contribution in [3.05, 3.63) is 28.8 Å². The molecule has 2 nitrogen and oxygen atoms in total. The van der Waals surface area contributed by atoms with Crippen molar-refractivity contribution in [2.75, 3.05) is 18.5 Å². The van der Waals surface area contributed by atoms with E-state index in [-0.39, 0.29) is 0 Å². The van der Waals surface area contributed by atoms with E-state index in [1.165, 1.54) is 203 Å². The average molecular weight is 713 g/mol. The maximum absolute atomic E-state index is 12.4. The molecule has 0 aliphatic heterocycles. The minimum atomic E-state index is -1.54. The zero-order valence-electron chi connectivity index (χ0n) is 31.5. The van der Waals surface area contributed by atoms with E-state index in [1.807, 2.05) is 12.0 Å². The van der Waals surface area contributed by atoms with Crippen molar-refractivity contribution in [3.63, 3.8) is 0 Å². The van der Waals surface area contributed by atoms with Crippen molar-refractivity contribution in [2.45, 2.75) is 213 Å². The van der Waals surface area contributed by atoms with Crippen LogP contribution in [-0.2, 0) is 25.6 Å². The Morgan fingerprint density at radius 2 is 0.894 bits per heavy atom. The summed E-state index contributed by atoms with van der Waals surface area (Å²) < 4.78 is 1.28. The van der Waals surface area contributed by atoms with Crippen LogP contribution < -0.4 is 0 Å². The van der Waals surface area contributed by atoms with Gasteiger partial charge in [-0.05, 0) is 63.6 Å². The topological polar surface area (TPSA) is 34.1 Å². The minimum absolute atomic E-state index is 0.889. The Morgan fingerprint density at radius 3 is 1.15 bits per heavy atom. The first kappa shape index (κ1) is 46.5. The molecule has 0 aromatic rings. The monoisotopic (exact) mass is 713 g/mol. The third-order valence-electron chi connectivity index (χ3n) is 9.82. The molecule has 0 aromatic heterocycles. The van der Waals surface area contributed by atoms with Gasteiger partial charge in [-0.25, -0.2) is 9.59 Å². The summed E-state index contributed by atoms with van der Waals surface area (Å²) in [6.45, 7) is 3.04. The molecule has 274 valence electrons. The fourth-order valence-electron chi connectivity index (χ4n) is 6.65. The van der Waals surface area contributed by atoms with Gasteiger partial charge >= 0.3 is 45.1 Å². The van der Waals surface area contributed by atoms with Gasteiger partial charge in [0.15, 0.2) is 0 Å². The van der Waals surface area contributed by atoms with E-state index in [0.717, 1.165) is 19.3 Å². The number of allylic oxidation sites excluding steroid dienone is 5. The van der Waals surface area contributed by atoms with E-state index < -0.39 is 6.89 Å². The van der Waals surface area contributed by atoms with E-state index in [1.54, 1.807) is 6.08 Å². The van der Waals surface area contributed by atoms with Crippen LogP contribution in [0.15, 0.2) is 28.8 Å². The molecule has 0 radical (unpaired) electrons. The Balaban J connectivity index is 0.00000313. The summed E-state index contributed by atoms with van der Waals surface area (Å²) in [6, 6.07) is 0. The van der Waals surface area contributed by atoms with Crippen molar-refractivity contribution in [2.24, 2.45) is 0 Å². The molecule has 0 N–H and O–H groups in total. The van der Waals surface area contributed by atoms with Crippen LogP contribution in [0.4, 0.5) is 0 Å². The van der Waals surface area contributed by atoms with Gasteiger partial charge in [0.05, 0.1) is 0 Å². The molecule has 0 aromatic carbocycles. The van der Waals surface area contributed by atoms with Gasteiger partial charge in [-0.3, -0.25) is 0 Å². The Labute approximate surface area is 303 Å². The molecule has 0 saturated carbocycles. The van der Waals surface area contributed by atoms with Crippen molar-refractivity contribution in [3.8, 4) is 0 Å². The molecule has 0 unspecified atom stereocenters. The molecule has 0 heterocycles. The van der Waals surface area contributed by atoms with E-state index in [0.29, 0.717) is 0 Å². The summed E-state index contributed by atoms with van der Waals surface area (Å²) in [4.78, 5) is 22.7. The third-order valence-corrected chi connectivity index (χ3v) is 14.2. The summed E-state index contributed by atoms with van der Waals surface area (Å²) >= 11 is 3.34. The van der Waals surface area contributed by atoms with Gasteiger partial charge < -0.3 is 0 Å². The van der Waals surface area contributed by atoms with Gasteiger partial charge in [-0.2, -0.15) is 0 Å². The van der Waals surface area contributed by atoms with Crippen molar-refractivity contribution < 1.29 is 25.6 Å². The predicted molar refractivity (Wildman–Crippen MR) is 209 cm³/mol. The second kappa shape index (κ2) is 38.3. The van der Waals surface area contributed by atoms with E-state index in [2.05, 4.69) is 47.7 Å². The number of carbonyl (C=O) groups excluding carboxylic acids is 2. The molecule has 0 amide bonds. The summed E-state index contributed by atoms with van der Waals surface area (Å²) in [5.74, 6) is 1.87. The predicted octanol–water partition coefficient (Wildman–Crippen LogP) is 14.6. The van der Waals surface area contributed by atoms with Gasteiger partial charge in [0.2, 0.25) is 0 Å². The van der Waals surface area contributed by atoms with Gasteiger partial charge in [-0.1, -0.05) is 174 Å². The quantitative estimate of drug-likeness (QED) is 0.0288. The normalized spacial score (nSPS) is 12.4. The van der Waals surface area contributed by atoms with E-state index in [9.17, 15) is 9.59 Å². The number of rotatable bonds is 34. The van der Waals surface area contributed by atoms with Crippen LogP contribution in [0.3, 0.4) is 0 Å². The summed E-state index contributed by atoms with van der Waals surface area (Å²) in [7, 11) is 0. The summed E-state index contributed by atoms with van der Waals surface area (Å²) in [5.41, 5.74) is 2.75. The molecule has 0 atom stereocenters. The van der Waals surface area contributed by atoms with Gasteiger partial charge in [0.1, 0.15) is 11.6 Å². The first-order chi connectivity index (χ1) is 23.1. The molecule has 47 heavy (non-hydrogen) atoms. The number of hydrogen-bond donors (Lipinski definition) is 0. The fourth-order valence-corrected chi connectivity index (χ4v) is 10.3. The van der Waals surface area contributed by atoms with Gasteiger partial charge in [0, 0.05) is 0 Å². The first-order valence-corrected chi connectivity index (χ1v) is 23.5. The molecule has 1 aliphatic carbocycles. The summed E-state index contributed by atoms with van der Waals surface area (Å²) in [6.07, 6.45) is 52.3. The fraction of sp³-hybridized carbons (Fsp3) is 0.837. The molecule has 1 rings (SSSR count). The molecule has 0 bridgehead atoms. The standard InChI is InChI=1S/C38H73O2P.C5H5.Mn/c1-3-5-7-9-11-13-19-23-27-31-35-41(38-40,36-32-28-24-20-14-12-10-8-6-4-2)37-33-29-25-21-17-15-16-18-22-26-30-34-39;1-2-4-5-3-1;/h30H,3-29,31-33,35-37H2,1-2H3;1-3H,4H2;. The van der Waals surface area contributed by atoms with E-state index in [4.69, 9.17) is 0 Å². The van der Waals surface area contributed by atoms with Crippen LogP contribution in [0.5, 0.6) is 0 Å². The second-order valence-corrected chi connectivity index (χ2v) is 18.9. The van der Waals surface area contributed by atoms with E-state index >= 15 is 0 Å². The zero-order chi connectivity index (χ0) is 34.4. The van der Waals surface area contributed by atoms with Crippen molar-refractivity contribution >= 4 is 18.5 Å². The molecular weight excluding hydrogens is 634 g/mol. The van der Waals surface area contributed by atoms with Crippen LogP contribution in [0.25, 0.3) is 0 Å². The van der Waals surface area contributed by atoms with Crippen LogP contribution in [0, 0.1) is 0 Å². The Bertz CT molecular complexity index is 822. The molecule has 4 heteroatoms. The average Bonchev–Trinajstić information content (AvgIpc) is 3.57. The second-order valence-electron chi connectivity index (χ2n) is 14.3. The Morgan fingerprint density at radius 1 is 0.553 bits per heavy atom. The third kappa shape index (κ3) is 33.7. The molecular formula is C43H78MnO2P.